The molecule has 0 fully saturated rings. The summed E-state index contributed by atoms with van der Waals surface area (Å²) in [7, 11) is 1.57. The van der Waals surface area contributed by atoms with Crippen molar-refractivity contribution in [2.45, 2.75) is 6.92 Å². The van der Waals surface area contributed by atoms with Crippen molar-refractivity contribution in [3.63, 3.8) is 0 Å². The van der Waals surface area contributed by atoms with Gasteiger partial charge in [-0.15, -0.1) is 0 Å². The molecule has 0 atom stereocenters. The number of aryl methyl sites for hydroxylation is 1. The zero-order valence-corrected chi connectivity index (χ0v) is 13.3. The van der Waals surface area contributed by atoms with E-state index in [0.29, 0.717) is 17.1 Å². The van der Waals surface area contributed by atoms with Crippen LogP contribution in [0, 0.1) is 6.92 Å². The normalized spacial score (nSPS) is 10.6. The number of carbonyl (C=O) groups is 2. The van der Waals surface area contributed by atoms with Crippen LogP contribution in [0.4, 0.5) is 5.82 Å². The minimum absolute atomic E-state index is 0.0958. The molecule has 0 unspecified atom stereocenters. The van der Waals surface area contributed by atoms with Crippen LogP contribution in [0.25, 0.3) is 10.9 Å². The Balaban J connectivity index is 1.73. The number of fused-ring (bicyclic) bond motifs is 1. The minimum atomic E-state index is -0.350. The molecule has 24 heavy (non-hydrogen) atoms. The third-order valence-corrected chi connectivity index (χ3v) is 3.50. The quantitative estimate of drug-likeness (QED) is 0.795. The van der Waals surface area contributed by atoms with Gasteiger partial charge >= 0.3 is 0 Å². The zero-order chi connectivity index (χ0) is 17.1. The van der Waals surface area contributed by atoms with Crippen LogP contribution in [-0.2, 0) is 4.79 Å². The molecular formula is C17H16N4O3. The first kappa shape index (κ1) is 15.7. The van der Waals surface area contributed by atoms with Crippen LogP contribution < -0.4 is 5.32 Å². The van der Waals surface area contributed by atoms with E-state index in [-0.39, 0.29) is 18.4 Å². The summed E-state index contributed by atoms with van der Waals surface area (Å²) >= 11 is 0. The second kappa shape index (κ2) is 6.49. The van der Waals surface area contributed by atoms with Gasteiger partial charge in [-0.2, -0.15) is 0 Å². The fraction of sp³-hybridized carbons (Fsp3) is 0.176. The molecule has 2 amide bonds. The summed E-state index contributed by atoms with van der Waals surface area (Å²) in [5.41, 5.74) is 1.24. The molecular weight excluding hydrogens is 308 g/mol. The number of hydrogen-bond donors (Lipinski definition) is 1. The summed E-state index contributed by atoms with van der Waals surface area (Å²) in [5, 5.41) is 7.03. The van der Waals surface area contributed by atoms with Gasteiger partial charge in [-0.3, -0.25) is 14.6 Å². The summed E-state index contributed by atoms with van der Waals surface area (Å²) in [4.78, 5) is 30.3. The molecule has 0 saturated carbocycles. The van der Waals surface area contributed by atoms with Crippen molar-refractivity contribution in [3.8, 4) is 0 Å². The van der Waals surface area contributed by atoms with Crippen molar-refractivity contribution in [1.29, 1.82) is 0 Å². The van der Waals surface area contributed by atoms with E-state index in [1.807, 2.05) is 24.3 Å². The Morgan fingerprint density at radius 1 is 1.25 bits per heavy atom. The van der Waals surface area contributed by atoms with Crippen molar-refractivity contribution in [2.75, 3.05) is 18.9 Å². The molecule has 2 heterocycles. The van der Waals surface area contributed by atoms with Gasteiger partial charge in [-0.25, -0.2) is 0 Å². The lowest BCUT2D eigenvalue weighted by atomic mass is 10.1. The molecule has 2 aromatic heterocycles. The smallest absolute Gasteiger partial charge is 0.254 e. The maximum Gasteiger partial charge on any atom is 0.254 e. The molecule has 0 saturated heterocycles. The van der Waals surface area contributed by atoms with E-state index in [9.17, 15) is 9.59 Å². The van der Waals surface area contributed by atoms with Crippen molar-refractivity contribution in [3.05, 3.63) is 53.9 Å². The van der Waals surface area contributed by atoms with Crippen LogP contribution in [0.5, 0.6) is 0 Å². The fourth-order valence-electron chi connectivity index (χ4n) is 2.38. The van der Waals surface area contributed by atoms with Crippen molar-refractivity contribution in [2.24, 2.45) is 0 Å². The summed E-state index contributed by atoms with van der Waals surface area (Å²) in [6.45, 7) is 1.63. The standard InChI is InChI=1S/C17H16N4O3/c1-11-9-15(20-24-11)19-16(22)10-21(2)17(23)13-7-8-18-14-6-4-3-5-12(13)14/h3-9H,10H2,1-2H3,(H,19,20,22). The Labute approximate surface area is 138 Å². The van der Waals surface area contributed by atoms with E-state index in [4.69, 9.17) is 4.52 Å². The number of aromatic nitrogens is 2. The molecule has 3 aromatic rings. The largest absolute Gasteiger partial charge is 0.360 e. The molecule has 7 nitrogen and oxygen atoms in total. The lowest BCUT2D eigenvalue weighted by molar-refractivity contribution is -0.116. The van der Waals surface area contributed by atoms with E-state index in [1.165, 1.54) is 4.90 Å². The number of hydrogen-bond acceptors (Lipinski definition) is 5. The molecule has 0 aliphatic carbocycles. The van der Waals surface area contributed by atoms with Gasteiger partial charge in [0.05, 0.1) is 17.6 Å². The summed E-state index contributed by atoms with van der Waals surface area (Å²) in [6.07, 6.45) is 1.58. The maximum atomic E-state index is 12.6. The average Bonchev–Trinajstić information content (AvgIpc) is 2.98. The molecule has 7 heteroatoms. The van der Waals surface area contributed by atoms with Crippen molar-refractivity contribution >= 4 is 28.5 Å². The molecule has 3 rings (SSSR count). The second-order valence-electron chi connectivity index (χ2n) is 5.41. The molecule has 1 aromatic carbocycles. The topological polar surface area (TPSA) is 88.3 Å². The second-order valence-corrected chi connectivity index (χ2v) is 5.41. The molecule has 0 aliphatic rings. The average molecular weight is 324 g/mol. The molecule has 122 valence electrons. The van der Waals surface area contributed by atoms with Gasteiger partial charge in [0, 0.05) is 24.7 Å². The Kier molecular flexibility index (Phi) is 4.24. The van der Waals surface area contributed by atoms with Crippen LogP contribution >= 0.6 is 0 Å². The highest BCUT2D eigenvalue weighted by molar-refractivity contribution is 6.07. The molecule has 0 aliphatic heterocycles. The number of likely N-dealkylation sites (N-methyl/N-ethyl adjacent to an activating group) is 1. The SMILES string of the molecule is Cc1cc(NC(=O)CN(C)C(=O)c2ccnc3ccccc23)no1. The Hall–Kier alpha value is -3.22. The number of nitrogens with zero attached hydrogens (tertiary/aromatic N) is 3. The number of rotatable bonds is 4. The van der Waals surface area contributed by atoms with Crippen LogP contribution in [0.1, 0.15) is 16.1 Å². The summed E-state index contributed by atoms with van der Waals surface area (Å²) in [6, 6.07) is 10.6. The lowest BCUT2D eigenvalue weighted by Crippen LogP contribution is -2.35. The summed E-state index contributed by atoms with van der Waals surface area (Å²) < 4.78 is 4.88. The van der Waals surface area contributed by atoms with E-state index >= 15 is 0 Å². The van der Waals surface area contributed by atoms with Gasteiger partial charge in [0.2, 0.25) is 5.91 Å². The number of anilines is 1. The van der Waals surface area contributed by atoms with Gasteiger partial charge in [-0.05, 0) is 19.1 Å². The third-order valence-electron chi connectivity index (χ3n) is 3.50. The summed E-state index contributed by atoms with van der Waals surface area (Å²) in [5.74, 6) is 0.322. The zero-order valence-electron chi connectivity index (χ0n) is 13.3. The maximum absolute atomic E-state index is 12.6. The Morgan fingerprint density at radius 2 is 2.04 bits per heavy atom. The van der Waals surface area contributed by atoms with Crippen LogP contribution in [0.15, 0.2) is 47.1 Å². The number of carbonyl (C=O) groups excluding carboxylic acids is 2. The Morgan fingerprint density at radius 3 is 2.79 bits per heavy atom. The molecule has 1 N–H and O–H groups in total. The van der Waals surface area contributed by atoms with Gasteiger partial charge in [0.15, 0.2) is 5.82 Å². The third kappa shape index (κ3) is 3.24. The van der Waals surface area contributed by atoms with E-state index in [1.54, 1.807) is 32.3 Å². The van der Waals surface area contributed by atoms with Crippen molar-refractivity contribution in [1.82, 2.24) is 15.0 Å². The first-order valence-electron chi connectivity index (χ1n) is 7.37. The Bertz CT molecular complexity index is 898. The highest BCUT2D eigenvalue weighted by Crippen LogP contribution is 2.17. The number of pyridine rings is 1. The number of para-hydroxylation sites is 1. The van der Waals surface area contributed by atoms with Gasteiger partial charge < -0.3 is 14.7 Å². The van der Waals surface area contributed by atoms with Crippen molar-refractivity contribution < 1.29 is 14.1 Å². The van der Waals surface area contributed by atoms with Gasteiger partial charge in [-0.1, -0.05) is 23.4 Å². The first-order valence-corrected chi connectivity index (χ1v) is 7.37. The fourth-order valence-corrected chi connectivity index (χ4v) is 2.38. The monoisotopic (exact) mass is 324 g/mol. The minimum Gasteiger partial charge on any atom is -0.360 e. The van der Waals surface area contributed by atoms with E-state index < -0.39 is 0 Å². The number of benzene rings is 1. The highest BCUT2D eigenvalue weighted by Gasteiger charge is 2.18. The molecule has 0 bridgehead atoms. The number of amides is 2. The van der Waals surface area contributed by atoms with E-state index in [2.05, 4.69) is 15.5 Å². The van der Waals surface area contributed by atoms with Crippen LogP contribution in [0.2, 0.25) is 0 Å². The molecule has 0 spiro atoms. The number of nitrogens with one attached hydrogen (secondary N) is 1. The first-order chi connectivity index (χ1) is 11.5. The van der Waals surface area contributed by atoms with Gasteiger partial charge in [0.25, 0.3) is 5.91 Å². The predicted molar refractivity (Wildman–Crippen MR) is 88.6 cm³/mol. The molecule has 0 radical (unpaired) electrons. The lowest BCUT2D eigenvalue weighted by Gasteiger charge is -2.17. The van der Waals surface area contributed by atoms with Crippen LogP contribution in [0.3, 0.4) is 0 Å². The van der Waals surface area contributed by atoms with Gasteiger partial charge in [0.1, 0.15) is 5.76 Å². The van der Waals surface area contributed by atoms with Crippen LogP contribution in [-0.4, -0.2) is 40.4 Å². The van der Waals surface area contributed by atoms with E-state index in [0.717, 1.165) is 10.9 Å². The predicted octanol–water partition coefficient (Wildman–Crippen LogP) is 2.24. The highest BCUT2D eigenvalue weighted by atomic mass is 16.5.